The molecule has 33 heavy (non-hydrogen) atoms. The highest BCUT2D eigenvalue weighted by molar-refractivity contribution is 7.38. The Morgan fingerprint density at radius 3 is 1.06 bits per heavy atom. The van der Waals surface area contributed by atoms with E-state index in [1.54, 1.807) is 0 Å². The number of hydrogen-bond acceptors (Lipinski definition) is 4. The minimum absolute atomic E-state index is 0.874. The average molecular weight is 492 g/mol. The van der Waals surface area contributed by atoms with Crippen LogP contribution in [0.4, 0.5) is 0 Å². The van der Waals surface area contributed by atoms with Crippen molar-refractivity contribution in [3.05, 3.63) is 0 Å². The van der Waals surface area contributed by atoms with Gasteiger partial charge in [-0.25, -0.2) is 0 Å². The van der Waals surface area contributed by atoms with Crippen molar-refractivity contribution in [2.45, 2.75) is 150 Å². The molecule has 0 aliphatic rings. The first-order chi connectivity index (χ1) is 15.8. The van der Waals surface area contributed by atoms with E-state index >= 15 is 0 Å². The van der Waals surface area contributed by atoms with Crippen molar-refractivity contribution >= 4 is 8.60 Å². The van der Waals surface area contributed by atoms with Crippen LogP contribution in [0.1, 0.15) is 150 Å². The maximum absolute atomic E-state index is 7.23. The van der Waals surface area contributed by atoms with Crippen molar-refractivity contribution < 1.29 is 14.7 Å². The smallest absolute Gasteiger partial charge is 0.324 e. The van der Waals surface area contributed by atoms with Crippen molar-refractivity contribution in [1.29, 1.82) is 0 Å². The highest BCUT2D eigenvalue weighted by Crippen LogP contribution is 2.14. The largest absolute Gasteiger partial charge is 0.328 e. The molecule has 0 radical (unpaired) electrons. The van der Waals surface area contributed by atoms with Gasteiger partial charge in [0.15, 0.2) is 0 Å². The van der Waals surface area contributed by atoms with E-state index in [1.807, 2.05) is 0 Å². The standard InChI is InChI=1S/C28H59N.H3O3P/c1-6-7-8-9-10-11-12-13-14-19-24-29(25-20-15-17-22-27(2)3)26-21-16-18-23-28(4)5;1-4(2)3/h27-28H,6-26H2,1-5H3;1-3H. The van der Waals surface area contributed by atoms with Crippen LogP contribution in [0.15, 0.2) is 0 Å². The van der Waals surface area contributed by atoms with E-state index in [-0.39, 0.29) is 0 Å². The summed E-state index contributed by atoms with van der Waals surface area (Å²) in [4.78, 5) is 24.5. The molecule has 0 aromatic heterocycles. The Morgan fingerprint density at radius 1 is 0.485 bits per heavy atom. The van der Waals surface area contributed by atoms with Gasteiger partial charge in [-0.2, -0.15) is 0 Å². The van der Waals surface area contributed by atoms with Gasteiger partial charge in [0.25, 0.3) is 0 Å². The Balaban J connectivity index is 0. The van der Waals surface area contributed by atoms with E-state index in [0.29, 0.717) is 0 Å². The fourth-order valence-electron chi connectivity index (χ4n) is 4.29. The quantitative estimate of drug-likeness (QED) is 0.0986. The van der Waals surface area contributed by atoms with Crippen LogP contribution in [0.2, 0.25) is 0 Å². The highest BCUT2D eigenvalue weighted by Gasteiger charge is 2.05. The molecule has 3 N–H and O–H groups in total. The molecule has 0 spiro atoms. The van der Waals surface area contributed by atoms with Gasteiger partial charge in [-0.05, 0) is 50.7 Å². The van der Waals surface area contributed by atoms with Crippen LogP contribution >= 0.6 is 8.60 Å². The first kappa shape index (κ1) is 35.4. The zero-order chi connectivity index (χ0) is 25.2. The molecule has 0 aromatic rings. The van der Waals surface area contributed by atoms with Gasteiger partial charge in [-0.15, -0.1) is 0 Å². The van der Waals surface area contributed by atoms with Crippen molar-refractivity contribution in [2.24, 2.45) is 11.8 Å². The molecule has 0 amide bonds. The first-order valence-corrected chi connectivity index (χ1v) is 15.6. The Labute approximate surface area is 210 Å². The molecule has 0 rings (SSSR count). The second-order valence-electron chi connectivity index (χ2n) is 10.8. The van der Waals surface area contributed by atoms with Gasteiger partial charge in [-0.3, -0.25) is 0 Å². The maximum atomic E-state index is 7.23. The van der Waals surface area contributed by atoms with Gasteiger partial charge in [0.2, 0.25) is 0 Å². The molecule has 4 nitrogen and oxygen atoms in total. The molecule has 0 unspecified atom stereocenters. The van der Waals surface area contributed by atoms with Crippen LogP contribution in [0, 0.1) is 11.8 Å². The Kier molecular flexibility index (Phi) is 30.6. The van der Waals surface area contributed by atoms with Crippen LogP contribution in [0.25, 0.3) is 0 Å². The monoisotopic (exact) mass is 491 g/mol. The number of hydrogen-bond donors (Lipinski definition) is 3. The minimum atomic E-state index is -2.62. The summed E-state index contributed by atoms with van der Waals surface area (Å²) in [6, 6.07) is 0. The lowest BCUT2D eigenvalue weighted by Gasteiger charge is -2.22. The number of unbranched alkanes of at least 4 members (excludes halogenated alkanes) is 13. The predicted octanol–water partition coefficient (Wildman–Crippen LogP) is 8.83. The van der Waals surface area contributed by atoms with E-state index in [2.05, 4.69) is 39.5 Å². The summed E-state index contributed by atoms with van der Waals surface area (Å²) in [6.45, 7) is 15.8. The van der Waals surface area contributed by atoms with Gasteiger partial charge in [0.1, 0.15) is 0 Å². The molecule has 0 aromatic carbocycles. The topological polar surface area (TPSA) is 63.9 Å². The summed E-state index contributed by atoms with van der Waals surface area (Å²) in [6.07, 6.45) is 25.8. The van der Waals surface area contributed by atoms with E-state index < -0.39 is 8.60 Å². The molecule has 0 saturated carbocycles. The number of rotatable bonds is 23. The minimum Gasteiger partial charge on any atom is -0.328 e. The van der Waals surface area contributed by atoms with E-state index in [1.165, 1.54) is 135 Å². The van der Waals surface area contributed by atoms with Crippen LogP contribution in [-0.4, -0.2) is 39.2 Å². The summed E-state index contributed by atoms with van der Waals surface area (Å²) in [7, 11) is -2.62. The summed E-state index contributed by atoms with van der Waals surface area (Å²) >= 11 is 0. The highest BCUT2D eigenvalue weighted by atomic mass is 31.2. The average Bonchev–Trinajstić information content (AvgIpc) is 2.73. The molecule has 5 heteroatoms. The SMILES string of the molecule is CCCCCCCCCCCCN(CCCCCC(C)C)CCCCCC(C)C.OP(O)O. The van der Waals surface area contributed by atoms with E-state index in [9.17, 15) is 0 Å². The zero-order valence-corrected chi connectivity index (χ0v) is 24.1. The lowest BCUT2D eigenvalue weighted by atomic mass is 10.0. The third kappa shape index (κ3) is 37.0. The molecule has 202 valence electrons. The zero-order valence-electron chi connectivity index (χ0n) is 23.2. The third-order valence-electron chi connectivity index (χ3n) is 6.34. The predicted molar refractivity (Wildman–Crippen MR) is 148 cm³/mol. The van der Waals surface area contributed by atoms with Crippen molar-refractivity contribution in [3.63, 3.8) is 0 Å². The van der Waals surface area contributed by atoms with Gasteiger partial charge >= 0.3 is 8.60 Å². The van der Waals surface area contributed by atoms with Gasteiger partial charge < -0.3 is 19.6 Å². The Hall–Kier alpha value is 0.270. The van der Waals surface area contributed by atoms with Crippen molar-refractivity contribution in [3.8, 4) is 0 Å². The van der Waals surface area contributed by atoms with E-state index in [4.69, 9.17) is 14.7 Å². The van der Waals surface area contributed by atoms with Crippen LogP contribution in [0.3, 0.4) is 0 Å². The summed E-state index contributed by atoms with van der Waals surface area (Å²) in [5.41, 5.74) is 0. The van der Waals surface area contributed by atoms with Crippen LogP contribution < -0.4 is 0 Å². The summed E-state index contributed by atoms with van der Waals surface area (Å²) < 4.78 is 0. The second-order valence-corrected chi connectivity index (χ2v) is 11.3. The molecule has 0 aliphatic carbocycles. The van der Waals surface area contributed by atoms with Crippen molar-refractivity contribution in [2.75, 3.05) is 19.6 Å². The summed E-state index contributed by atoms with van der Waals surface area (Å²) in [5, 5.41) is 0. The first-order valence-electron chi connectivity index (χ1n) is 14.4. The molecule has 0 fully saturated rings. The molecular weight excluding hydrogens is 429 g/mol. The van der Waals surface area contributed by atoms with Crippen LogP contribution in [0.5, 0.6) is 0 Å². The Bertz CT molecular complexity index is 333. The lowest BCUT2D eigenvalue weighted by Crippen LogP contribution is -2.27. The normalized spacial score (nSPS) is 11.6. The van der Waals surface area contributed by atoms with E-state index in [0.717, 1.165) is 11.8 Å². The fraction of sp³-hybridized carbons (Fsp3) is 1.00. The molecule has 0 saturated heterocycles. The second kappa shape index (κ2) is 28.5. The maximum Gasteiger partial charge on any atom is 0.324 e. The molecule has 0 atom stereocenters. The summed E-state index contributed by atoms with van der Waals surface area (Å²) in [5.74, 6) is 1.75. The lowest BCUT2D eigenvalue weighted by molar-refractivity contribution is 0.253. The fourth-order valence-corrected chi connectivity index (χ4v) is 4.29. The molecule has 0 aliphatic heterocycles. The molecule has 0 bridgehead atoms. The molecular formula is C28H62NO3P. The number of nitrogens with zero attached hydrogens (tertiary/aromatic N) is 1. The van der Waals surface area contributed by atoms with Crippen LogP contribution in [-0.2, 0) is 0 Å². The van der Waals surface area contributed by atoms with Gasteiger partial charge in [0.05, 0.1) is 0 Å². The van der Waals surface area contributed by atoms with Gasteiger partial charge in [0, 0.05) is 0 Å². The molecule has 0 heterocycles. The van der Waals surface area contributed by atoms with Gasteiger partial charge in [-0.1, -0.05) is 131 Å². The third-order valence-corrected chi connectivity index (χ3v) is 6.34. The van der Waals surface area contributed by atoms with Crippen molar-refractivity contribution in [1.82, 2.24) is 4.90 Å². The Morgan fingerprint density at radius 2 is 0.758 bits per heavy atom.